The molecule has 2 atom stereocenters. The second-order valence-electron chi connectivity index (χ2n) is 5.62. The van der Waals surface area contributed by atoms with E-state index in [4.69, 9.17) is 0 Å². The van der Waals surface area contributed by atoms with Crippen molar-refractivity contribution in [2.24, 2.45) is 0 Å². The molecule has 4 heteroatoms. The van der Waals surface area contributed by atoms with Crippen molar-refractivity contribution in [1.29, 1.82) is 0 Å². The van der Waals surface area contributed by atoms with Gasteiger partial charge in [0.05, 0.1) is 17.8 Å². The van der Waals surface area contributed by atoms with E-state index >= 15 is 0 Å². The molecule has 0 amide bonds. The van der Waals surface area contributed by atoms with E-state index in [1.807, 2.05) is 36.7 Å². The summed E-state index contributed by atoms with van der Waals surface area (Å²) < 4.78 is 1.81. The van der Waals surface area contributed by atoms with E-state index in [0.29, 0.717) is 0 Å². The Kier molecular flexibility index (Phi) is 2.97. The molecule has 4 rings (SSSR count). The van der Waals surface area contributed by atoms with Crippen LogP contribution in [-0.4, -0.2) is 19.7 Å². The predicted molar refractivity (Wildman–Crippen MR) is 80.1 cm³/mol. The molecule has 2 unspecified atom stereocenters. The van der Waals surface area contributed by atoms with Gasteiger partial charge in [-0.05, 0) is 43.0 Å². The van der Waals surface area contributed by atoms with Crippen LogP contribution in [-0.2, 0) is 6.42 Å². The third-order valence-electron chi connectivity index (χ3n) is 4.39. The Hall–Kier alpha value is -2.20. The Morgan fingerprint density at radius 3 is 3.14 bits per heavy atom. The molecule has 4 nitrogen and oxygen atoms in total. The average molecular weight is 279 g/mol. The van der Waals surface area contributed by atoms with Crippen molar-refractivity contribution in [3.63, 3.8) is 0 Å². The molecule has 3 aromatic rings. The number of hydrogen-bond acceptors (Lipinski definition) is 3. The first-order valence-electron chi connectivity index (χ1n) is 7.39. The van der Waals surface area contributed by atoms with Crippen molar-refractivity contribution in [2.45, 2.75) is 31.3 Å². The molecular formula is C17H17N3O. The molecule has 0 bridgehead atoms. The summed E-state index contributed by atoms with van der Waals surface area (Å²) in [5, 5.41) is 15.2. The SMILES string of the molecule is OC(c1cnn2ccccc12)C1CCCc2cccnc21. The van der Waals surface area contributed by atoms with Crippen molar-refractivity contribution in [1.82, 2.24) is 14.6 Å². The quantitative estimate of drug-likeness (QED) is 0.784. The highest BCUT2D eigenvalue weighted by Gasteiger charge is 2.30. The Balaban J connectivity index is 1.77. The third-order valence-corrected chi connectivity index (χ3v) is 4.39. The van der Waals surface area contributed by atoms with Gasteiger partial charge in [0.25, 0.3) is 0 Å². The molecule has 0 fully saturated rings. The number of nitrogens with zero attached hydrogens (tertiary/aromatic N) is 3. The molecule has 0 saturated heterocycles. The van der Waals surface area contributed by atoms with Crippen LogP contribution in [0.3, 0.4) is 0 Å². The summed E-state index contributed by atoms with van der Waals surface area (Å²) in [6.07, 6.45) is 8.06. The number of pyridine rings is 2. The van der Waals surface area contributed by atoms with Gasteiger partial charge < -0.3 is 5.11 Å². The Bertz CT molecular complexity index is 780. The summed E-state index contributed by atoms with van der Waals surface area (Å²) >= 11 is 0. The van der Waals surface area contributed by atoms with Crippen LogP contribution in [0, 0.1) is 0 Å². The molecule has 21 heavy (non-hydrogen) atoms. The first-order chi connectivity index (χ1) is 10.3. The van der Waals surface area contributed by atoms with E-state index in [1.54, 1.807) is 10.7 Å². The second-order valence-corrected chi connectivity index (χ2v) is 5.62. The lowest BCUT2D eigenvalue weighted by Crippen LogP contribution is -2.18. The molecule has 0 spiro atoms. The molecule has 0 radical (unpaired) electrons. The van der Waals surface area contributed by atoms with Crippen molar-refractivity contribution in [3.8, 4) is 0 Å². The maximum atomic E-state index is 10.9. The van der Waals surface area contributed by atoms with Crippen LogP contribution in [0.5, 0.6) is 0 Å². The monoisotopic (exact) mass is 279 g/mol. The normalized spacial score (nSPS) is 19.4. The molecule has 0 aliphatic heterocycles. The van der Waals surface area contributed by atoms with Crippen molar-refractivity contribution < 1.29 is 5.11 Å². The largest absolute Gasteiger partial charge is 0.388 e. The number of hydrogen-bond donors (Lipinski definition) is 1. The molecule has 0 saturated carbocycles. The minimum atomic E-state index is -0.557. The fraction of sp³-hybridized carbons (Fsp3) is 0.294. The van der Waals surface area contributed by atoms with Crippen molar-refractivity contribution in [3.05, 3.63) is 65.7 Å². The summed E-state index contributed by atoms with van der Waals surface area (Å²) in [4.78, 5) is 4.52. The minimum Gasteiger partial charge on any atom is -0.388 e. The molecule has 0 aromatic carbocycles. The van der Waals surface area contributed by atoms with Gasteiger partial charge in [0.1, 0.15) is 0 Å². The lowest BCUT2D eigenvalue weighted by atomic mass is 9.81. The van der Waals surface area contributed by atoms with Crippen LogP contribution >= 0.6 is 0 Å². The molecule has 106 valence electrons. The summed E-state index contributed by atoms with van der Waals surface area (Å²) in [5.74, 6) is 0.0585. The Labute approximate surface area is 123 Å². The predicted octanol–water partition coefficient (Wildman–Crippen LogP) is 2.88. The molecule has 1 aliphatic rings. The summed E-state index contributed by atoms with van der Waals surface area (Å²) in [6, 6.07) is 10.0. The van der Waals surface area contributed by atoms with Crippen LogP contribution in [0.1, 0.15) is 41.7 Å². The van der Waals surface area contributed by atoms with Gasteiger partial charge in [0, 0.05) is 29.6 Å². The maximum absolute atomic E-state index is 10.9. The second kappa shape index (κ2) is 4.97. The molecule has 3 aromatic heterocycles. The van der Waals surface area contributed by atoms with Gasteiger partial charge in [0.2, 0.25) is 0 Å². The maximum Gasteiger partial charge on any atom is 0.0910 e. The van der Waals surface area contributed by atoms with Gasteiger partial charge in [-0.2, -0.15) is 5.10 Å². The highest BCUT2D eigenvalue weighted by Crippen LogP contribution is 2.40. The highest BCUT2D eigenvalue weighted by molar-refractivity contribution is 5.55. The first-order valence-corrected chi connectivity index (χ1v) is 7.39. The molecule has 1 N–H and O–H groups in total. The number of aryl methyl sites for hydroxylation is 1. The summed E-state index contributed by atoms with van der Waals surface area (Å²) in [6.45, 7) is 0. The number of aromatic nitrogens is 3. The Morgan fingerprint density at radius 2 is 2.19 bits per heavy atom. The topological polar surface area (TPSA) is 50.4 Å². The van der Waals surface area contributed by atoms with E-state index in [0.717, 1.165) is 36.0 Å². The number of aliphatic hydroxyl groups excluding tert-OH is 1. The van der Waals surface area contributed by atoms with Crippen LogP contribution in [0.4, 0.5) is 0 Å². The number of fused-ring (bicyclic) bond motifs is 2. The fourth-order valence-corrected chi connectivity index (χ4v) is 3.35. The van der Waals surface area contributed by atoms with Crippen LogP contribution in [0.2, 0.25) is 0 Å². The molecular weight excluding hydrogens is 262 g/mol. The van der Waals surface area contributed by atoms with E-state index in [-0.39, 0.29) is 5.92 Å². The molecule has 3 heterocycles. The first kappa shape index (κ1) is 12.5. The minimum absolute atomic E-state index is 0.0585. The van der Waals surface area contributed by atoms with Crippen LogP contribution in [0.15, 0.2) is 48.9 Å². The van der Waals surface area contributed by atoms with Gasteiger partial charge in [-0.25, -0.2) is 4.52 Å². The van der Waals surface area contributed by atoms with Gasteiger partial charge in [-0.3, -0.25) is 4.98 Å². The zero-order valence-electron chi connectivity index (χ0n) is 11.7. The van der Waals surface area contributed by atoms with E-state index < -0.39 is 6.10 Å². The zero-order valence-corrected chi connectivity index (χ0v) is 11.7. The van der Waals surface area contributed by atoms with Gasteiger partial charge in [0.15, 0.2) is 0 Å². The van der Waals surface area contributed by atoms with Crippen molar-refractivity contribution >= 4 is 5.52 Å². The van der Waals surface area contributed by atoms with Gasteiger partial charge in [-0.1, -0.05) is 12.1 Å². The fourth-order valence-electron chi connectivity index (χ4n) is 3.35. The highest BCUT2D eigenvalue weighted by atomic mass is 16.3. The van der Waals surface area contributed by atoms with Crippen molar-refractivity contribution in [2.75, 3.05) is 0 Å². The Morgan fingerprint density at radius 1 is 1.24 bits per heavy atom. The van der Waals surface area contributed by atoms with Crippen LogP contribution in [0.25, 0.3) is 5.52 Å². The average Bonchev–Trinajstić information content (AvgIpc) is 2.98. The zero-order chi connectivity index (χ0) is 14.2. The number of rotatable bonds is 2. The lowest BCUT2D eigenvalue weighted by molar-refractivity contribution is 0.135. The standard InChI is InChI=1S/C17H17N3O/c21-17(14-11-19-20-10-2-1-8-15(14)20)13-7-3-5-12-6-4-9-18-16(12)13/h1-2,4,6,8-11,13,17,21H,3,5,7H2. The van der Waals surface area contributed by atoms with Gasteiger partial charge in [-0.15, -0.1) is 0 Å². The number of aliphatic hydroxyl groups is 1. The van der Waals surface area contributed by atoms with E-state index in [1.165, 1.54) is 5.56 Å². The van der Waals surface area contributed by atoms with E-state index in [9.17, 15) is 5.11 Å². The smallest absolute Gasteiger partial charge is 0.0910 e. The summed E-state index contributed by atoms with van der Waals surface area (Å²) in [5.41, 5.74) is 4.17. The van der Waals surface area contributed by atoms with Gasteiger partial charge >= 0.3 is 0 Å². The molecule has 1 aliphatic carbocycles. The summed E-state index contributed by atoms with van der Waals surface area (Å²) in [7, 11) is 0. The van der Waals surface area contributed by atoms with Crippen LogP contribution < -0.4 is 0 Å². The van der Waals surface area contributed by atoms with E-state index in [2.05, 4.69) is 16.1 Å². The third kappa shape index (κ3) is 2.03. The lowest BCUT2D eigenvalue weighted by Gasteiger charge is -2.28.